The molecule has 0 bridgehead atoms. The molecule has 1 aliphatic rings. The Hall–Kier alpha value is -2.04. The first-order chi connectivity index (χ1) is 12.1. The summed E-state index contributed by atoms with van der Waals surface area (Å²) in [6.07, 6.45) is 7.99. The van der Waals surface area contributed by atoms with Gasteiger partial charge >= 0.3 is 6.03 Å². The van der Waals surface area contributed by atoms with Crippen molar-refractivity contribution in [1.29, 1.82) is 0 Å². The first-order valence-electron chi connectivity index (χ1n) is 9.44. The van der Waals surface area contributed by atoms with E-state index in [1.807, 2.05) is 30.3 Å². The van der Waals surface area contributed by atoms with Crippen LogP contribution in [0.1, 0.15) is 50.5 Å². The van der Waals surface area contributed by atoms with Gasteiger partial charge in [0.05, 0.1) is 0 Å². The Morgan fingerprint density at radius 1 is 1.04 bits per heavy atom. The van der Waals surface area contributed by atoms with Crippen molar-refractivity contribution in [2.45, 2.75) is 51.5 Å². The smallest absolute Gasteiger partial charge is 0.314 e. The molecular formula is C20H31N3O2. The van der Waals surface area contributed by atoms with Crippen molar-refractivity contribution in [3.8, 4) is 0 Å². The molecule has 5 nitrogen and oxygen atoms in total. The van der Waals surface area contributed by atoms with Crippen molar-refractivity contribution in [3.05, 3.63) is 35.9 Å². The minimum absolute atomic E-state index is 0.0337. The summed E-state index contributed by atoms with van der Waals surface area (Å²) in [5.41, 5.74) is 1.10. The summed E-state index contributed by atoms with van der Waals surface area (Å²) in [5.74, 6) is 0.800. The standard InChI is InChI=1S/C20H31N3O2/c1-23(16-18-10-6-3-7-11-18)19(24)13-15-22-20(25)21-14-12-17-8-4-2-5-9-17/h3,6-7,10-11,17H,2,4-5,8-9,12-16H2,1H3,(H2,21,22,25). The van der Waals surface area contributed by atoms with E-state index in [1.165, 1.54) is 32.1 Å². The van der Waals surface area contributed by atoms with Crippen LogP contribution in [0.3, 0.4) is 0 Å². The number of carbonyl (C=O) groups excluding carboxylic acids is 2. The molecular weight excluding hydrogens is 314 g/mol. The van der Waals surface area contributed by atoms with Gasteiger partial charge in [0, 0.05) is 33.1 Å². The number of carbonyl (C=O) groups is 2. The van der Waals surface area contributed by atoms with Crippen LogP contribution >= 0.6 is 0 Å². The second-order valence-corrected chi connectivity index (χ2v) is 6.96. The predicted molar refractivity (Wildman–Crippen MR) is 100 cm³/mol. The van der Waals surface area contributed by atoms with Crippen LogP contribution in [0.2, 0.25) is 0 Å². The van der Waals surface area contributed by atoms with E-state index in [0.717, 1.165) is 24.4 Å². The second-order valence-electron chi connectivity index (χ2n) is 6.96. The predicted octanol–water partition coefficient (Wildman–Crippen LogP) is 3.30. The van der Waals surface area contributed by atoms with E-state index in [9.17, 15) is 9.59 Å². The molecule has 1 aromatic carbocycles. The topological polar surface area (TPSA) is 61.4 Å². The molecule has 2 N–H and O–H groups in total. The highest BCUT2D eigenvalue weighted by Gasteiger charge is 2.13. The van der Waals surface area contributed by atoms with Crippen LogP contribution in [0.15, 0.2) is 30.3 Å². The summed E-state index contributed by atoms with van der Waals surface area (Å²) in [5, 5.41) is 5.67. The van der Waals surface area contributed by atoms with E-state index in [4.69, 9.17) is 0 Å². The van der Waals surface area contributed by atoms with Crippen molar-refractivity contribution < 1.29 is 9.59 Å². The van der Waals surface area contributed by atoms with Crippen LogP contribution in [0, 0.1) is 5.92 Å². The molecule has 1 fully saturated rings. The zero-order chi connectivity index (χ0) is 17.9. The molecule has 1 aliphatic carbocycles. The molecule has 1 aromatic rings. The Morgan fingerprint density at radius 2 is 1.72 bits per heavy atom. The lowest BCUT2D eigenvalue weighted by atomic mass is 9.87. The number of urea groups is 1. The van der Waals surface area contributed by atoms with E-state index in [2.05, 4.69) is 10.6 Å². The van der Waals surface area contributed by atoms with Gasteiger partial charge in [-0.15, -0.1) is 0 Å². The van der Waals surface area contributed by atoms with Gasteiger partial charge in [0.2, 0.25) is 5.91 Å². The normalized spacial score (nSPS) is 14.8. The van der Waals surface area contributed by atoms with Gasteiger partial charge in [-0.2, -0.15) is 0 Å². The van der Waals surface area contributed by atoms with E-state index in [0.29, 0.717) is 19.5 Å². The fourth-order valence-electron chi connectivity index (χ4n) is 3.35. The molecule has 3 amide bonds. The average Bonchev–Trinajstić information content (AvgIpc) is 2.63. The Bertz CT molecular complexity index is 527. The highest BCUT2D eigenvalue weighted by molar-refractivity contribution is 5.78. The van der Waals surface area contributed by atoms with Crippen molar-refractivity contribution in [2.24, 2.45) is 5.92 Å². The zero-order valence-corrected chi connectivity index (χ0v) is 15.3. The quantitative estimate of drug-likeness (QED) is 0.759. The maximum absolute atomic E-state index is 12.1. The Labute approximate surface area is 151 Å². The van der Waals surface area contributed by atoms with E-state index < -0.39 is 0 Å². The van der Waals surface area contributed by atoms with E-state index >= 15 is 0 Å². The zero-order valence-electron chi connectivity index (χ0n) is 15.3. The third kappa shape index (κ3) is 7.59. The number of nitrogens with zero attached hydrogens (tertiary/aromatic N) is 1. The molecule has 25 heavy (non-hydrogen) atoms. The number of benzene rings is 1. The van der Waals surface area contributed by atoms with Crippen molar-refractivity contribution in [3.63, 3.8) is 0 Å². The average molecular weight is 345 g/mol. The van der Waals surface area contributed by atoms with Crippen LogP contribution in [-0.2, 0) is 11.3 Å². The summed E-state index contributed by atoms with van der Waals surface area (Å²) in [4.78, 5) is 25.6. The van der Waals surface area contributed by atoms with Crippen LogP contribution in [0.5, 0.6) is 0 Å². The van der Waals surface area contributed by atoms with Gasteiger partial charge in [-0.3, -0.25) is 4.79 Å². The third-order valence-electron chi connectivity index (χ3n) is 4.88. The molecule has 2 rings (SSSR count). The summed E-state index contributed by atoms with van der Waals surface area (Å²) in [7, 11) is 1.79. The fourth-order valence-corrected chi connectivity index (χ4v) is 3.35. The third-order valence-corrected chi connectivity index (χ3v) is 4.88. The molecule has 0 spiro atoms. The lowest BCUT2D eigenvalue weighted by molar-refractivity contribution is -0.130. The van der Waals surface area contributed by atoms with Gasteiger partial charge in [-0.05, 0) is 17.9 Å². The van der Waals surface area contributed by atoms with Crippen LogP contribution < -0.4 is 10.6 Å². The van der Waals surface area contributed by atoms with Gasteiger partial charge in [0.25, 0.3) is 0 Å². The lowest BCUT2D eigenvalue weighted by Gasteiger charge is -2.21. The fraction of sp³-hybridized carbons (Fsp3) is 0.600. The van der Waals surface area contributed by atoms with Gasteiger partial charge in [-0.1, -0.05) is 62.4 Å². The molecule has 0 radical (unpaired) electrons. The Morgan fingerprint density at radius 3 is 2.44 bits per heavy atom. The van der Waals surface area contributed by atoms with E-state index in [-0.39, 0.29) is 11.9 Å². The Kier molecular flexibility index (Phi) is 8.29. The summed E-state index contributed by atoms with van der Waals surface area (Å²) >= 11 is 0. The highest BCUT2D eigenvalue weighted by atomic mass is 16.2. The van der Waals surface area contributed by atoms with Crippen molar-refractivity contribution in [2.75, 3.05) is 20.1 Å². The molecule has 0 heterocycles. The van der Waals surface area contributed by atoms with Gasteiger partial charge < -0.3 is 15.5 Å². The molecule has 1 saturated carbocycles. The van der Waals surface area contributed by atoms with E-state index in [1.54, 1.807) is 11.9 Å². The second kappa shape index (κ2) is 10.7. The molecule has 0 aliphatic heterocycles. The monoisotopic (exact) mass is 345 g/mol. The maximum atomic E-state index is 12.1. The summed E-state index contributed by atoms with van der Waals surface area (Å²) < 4.78 is 0. The number of hydrogen-bond acceptors (Lipinski definition) is 2. The van der Waals surface area contributed by atoms with Crippen LogP contribution in [0.4, 0.5) is 4.79 Å². The minimum atomic E-state index is -0.172. The Balaban J connectivity index is 1.54. The SMILES string of the molecule is CN(Cc1ccccc1)C(=O)CCNC(=O)NCCC1CCCCC1. The molecule has 138 valence electrons. The number of rotatable bonds is 8. The maximum Gasteiger partial charge on any atom is 0.314 e. The lowest BCUT2D eigenvalue weighted by Crippen LogP contribution is -2.38. The highest BCUT2D eigenvalue weighted by Crippen LogP contribution is 2.25. The minimum Gasteiger partial charge on any atom is -0.341 e. The summed E-state index contributed by atoms with van der Waals surface area (Å²) in [6, 6.07) is 9.72. The largest absolute Gasteiger partial charge is 0.341 e. The van der Waals surface area contributed by atoms with Crippen molar-refractivity contribution >= 4 is 11.9 Å². The number of nitrogens with one attached hydrogen (secondary N) is 2. The number of amides is 3. The first kappa shape index (κ1) is 19.3. The molecule has 0 saturated heterocycles. The first-order valence-corrected chi connectivity index (χ1v) is 9.44. The van der Waals surface area contributed by atoms with Gasteiger partial charge in [0.1, 0.15) is 0 Å². The van der Waals surface area contributed by atoms with Gasteiger partial charge in [0.15, 0.2) is 0 Å². The van der Waals surface area contributed by atoms with Crippen molar-refractivity contribution in [1.82, 2.24) is 15.5 Å². The molecule has 0 aromatic heterocycles. The summed E-state index contributed by atoms with van der Waals surface area (Å²) in [6.45, 7) is 1.68. The number of hydrogen-bond donors (Lipinski definition) is 2. The van der Waals surface area contributed by atoms with Gasteiger partial charge in [-0.25, -0.2) is 4.79 Å². The van der Waals surface area contributed by atoms with Crippen LogP contribution in [0.25, 0.3) is 0 Å². The van der Waals surface area contributed by atoms with Crippen LogP contribution in [-0.4, -0.2) is 37.0 Å². The molecule has 0 unspecified atom stereocenters. The molecule has 5 heteroatoms. The molecule has 0 atom stereocenters.